The molecule has 3 nitrogen and oxygen atoms in total. The molecule has 0 saturated carbocycles. The van der Waals surface area contributed by atoms with Gasteiger partial charge in [-0.25, -0.2) is 4.39 Å². The first kappa shape index (κ1) is 14.9. The smallest absolute Gasteiger partial charge is 0.255 e. The molecule has 0 atom stereocenters. The number of anilines is 2. The van der Waals surface area contributed by atoms with Crippen molar-refractivity contribution in [3.8, 4) is 0 Å². The summed E-state index contributed by atoms with van der Waals surface area (Å²) in [5.41, 5.74) is 6.33. The number of nitrogens with two attached hydrogens (primary N) is 1. The van der Waals surface area contributed by atoms with Crippen molar-refractivity contribution >= 4 is 52.1 Å². The van der Waals surface area contributed by atoms with Crippen molar-refractivity contribution in [2.75, 3.05) is 11.1 Å². The van der Waals surface area contributed by atoms with E-state index in [0.717, 1.165) is 12.1 Å². The number of amides is 1. The molecule has 3 N–H and O–H groups in total. The predicted molar refractivity (Wildman–Crippen MR) is 80.2 cm³/mol. The first-order valence-electron chi connectivity index (χ1n) is 5.39. The number of hydrogen-bond donors (Lipinski definition) is 2. The van der Waals surface area contributed by atoms with Crippen LogP contribution in [0.4, 0.5) is 15.8 Å². The Morgan fingerprint density at radius 1 is 1.05 bits per heavy atom. The standard InChI is InChI=1S/C13H8Cl3FN2O/c14-8-3-6(1-2-11(8)18)13(20)19-12-9(15)4-7(17)5-10(12)16/h1-5H,18H2,(H,19,20). The average molecular weight is 334 g/mol. The Balaban J connectivity index is 2.30. The molecule has 0 spiro atoms. The maximum Gasteiger partial charge on any atom is 0.255 e. The fraction of sp³-hybridized carbons (Fsp3) is 0. The van der Waals surface area contributed by atoms with Crippen molar-refractivity contribution in [3.63, 3.8) is 0 Å². The van der Waals surface area contributed by atoms with E-state index in [1.165, 1.54) is 18.2 Å². The minimum Gasteiger partial charge on any atom is -0.398 e. The fourth-order valence-corrected chi connectivity index (χ4v) is 2.25. The quantitative estimate of drug-likeness (QED) is 0.788. The minimum absolute atomic E-state index is 0.00453. The summed E-state index contributed by atoms with van der Waals surface area (Å²) in [6.45, 7) is 0. The molecule has 0 saturated heterocycles. The third kappa shape index (κ3) is 3.15. The van der Waals surface area contributed by atoms with E-state index >= 15 is 0 Å². The van der Waals surface area contributed by atoms with Crippen molar-refractivity contribution in [3.05, 3.63) is 56.8 Å². The van der Waals surface area contributed by atoms with Crippen LogP contribution in [0.25, 0.3) is 0 Å². The molecular weight excluding hydrogens is 326 g/mol. The lowest BCUT2D eigenvalue weighted by atomic mass is 10.2. The maximum absolute atomic E-state index is 13.1. The van der Waals surface area contributed by atoms with Gasteiger partial charge in [-0.3, -0.25) is 4.79 Å². The van der Waals surface area contributed by atoms with E-state index < -0.39 is 11.7 Å². The van der Waals surface area contributed by atoms with Gasteiger partial charge in [-0.2, -0.15) is 0 Å². The summed E-state index contributed by atoms with van der Waals surface area (Å²) in [5, 5.41) is 2.77. The van der Waals surface area contributed by atoms with Gasteiger partial charge in [0.2, 0.25) is 0 Å². The van der Waals surface area contributed by atoms with Crippen molar-refractivity contribution < 1.29 is 9.18 Å². The summed E-state index contributed by atoms with van der Waals surface area (Å²) in [6.07, 6.45) is 0. The highest BCUT2D eigenvalue weighted by Gasteiger charge is 2.14. The lowest BCUT2D eigenvalue weighted by Gasteiger charge is -2.10. The van der Waals surface area contributed by atoms with Crippen molar-refractivity contribution in [2.24, 2.45) is 0 Å². The van der Waals surface area contributed by atoms with Crippen LogP contribution in [0, 0.1) is 5.82 Å². The monoisotopic (exact) mass is 332 g/mol. The topological polar surface area (TPSA) is 55.1 Å². The molecule has 2 aromatic carbocycles. The Bertz CT molecular complexity index is 668. The van der Waals surface area contributed by atoms with Crippen molar-refractivity contribution in [1.82, 2.24) is 0 Å². The molecule has 2 aromatic rings. The Labute approximate surface area is 129 Å². The number of hydrogen-bond acceptors (Lipinski definition) is 2. The van der Waals surface area contributed by atoms with Crippen LogP contribution in [0.15, 0.2) is 30.3 Å². The van der Waals surface area contributed by atoms with Crippen molar-refractivity contribution in [1.29, 1.82) is 0 Å². The van der Waals surface area contributed by atoms with Gasteiger partial charge in [0.05, 0.1) is 26.4 Å². The normalized spacial score (nSPS) is 10.4. The summed E-state index contributed by atoms with van der Waals surface area (Å²) in [5.74, 6) is -1.07. The van der Waals surface area contributed by atoms with Gasteiger partial charge in [0, 0.05) is 5.56 Å². The van der Waals surface area contributed by atoms with E-state index in [1.807, 2.05) is 0 Å². The Morgan fingerprint density at radius 3 is 2.20 bits per heavy atom. The Hall–Kier alpha value is -1.49. The van der Waals surface area contributed by atoms with Crippen LogP contribution in [-0.4, -0.2) is 5.91 Å². The first-order chi connectivity index (χ1) is 9.38. The van der Waals surface area contributed by atoms with Crippen LogP contribution in [0.5, 0.6) is 0 Å². The van der Waals surface area contributed by atoms with Crippen LogP contribution in [0.1, 0.15) is 10.4 Å². The van der Waals surface area contributed by atoms with E-state index in [9.17, 15) is 9.18 Å². The van der Waals surface area contributed by atoms with Crippen LogP contribution in [0.2, 0.25) is 15.1 Å². The highest BCUT2D eigenvalue weighted by atomic mass is 35.5. The SMILES string of the molecule is Nc1ccc(C(=O)Nc2c(Cl)cc(F)cc2Cl)cc1Cl. The van der Waals surface area contributed by atoms with Gasteiger partial charge in [0.15, 0.2) is 0 Å². The minimum atomic E-state index is -0.589. The van der Waals surface area contributed by atoms with Crippen LogP contribution < -0.4 is 11.1 Å². The van der Waals surface area contributed by atoms with Crippen LogP contribution in [0.3, 0.4) is 0 Å². The summed E-state index contributed by atoms with van der Waals surface area (Å²) >= 11 is 17.5. The highest BCUT2D eigenvalue weighted by molar-refractivity contribution is 6.40. The third-order valence-electron chi connectivity index (χ3n) is 2.51. The Kier molecular flexibility index (Phi) is 4.38. The summed E-state index contributed by atoms with van der Waals surface area (Å²) in [4.78, 5) is 12.0. The molecule has 104 valence electrons. The lowest BCUT2D eigenvalue weighted by Crippen LogP contribution is -2.13. The van der Waals surface area contributed by atoms with E-state index in [-0.39, 0.29) is 26.3 Å². The maximum atomic E-state index is 13.1. The zero-order valence-corrected chi connectivity index (χ0v) is 12.2. The number of benzene rings is 2. The number of carbonyl (C=O) groups excluding carboxylic acids is 1. The van der Waals surface area contributed by atoms with Gasteiger partial charge in [-0.15, -0.1) is 0 Å². The van der Waals surface area contributed by atoms with Gasteiger partial charge >= 0.3 is 0 Å². The molecule has 7 heteroatoms. The van der Waals surface area contributed by atoms with Gasteiger partial charge in [-0.05, 0) is 30.3 Å². The van der Waals surface area contributed by atoms with E-state index in [1.54, 1.807) is 0 Å². The van der Waals surface area contributed by atoms with E-state index in [0.29, 0.717) is 5.69 Å². The number of carbonyl (C=O) groups is 1. The summed E-state index contributed by atoms with van der Waals surface area (Å²) in [6, 6.07) is 6.53. The molecule has 1 amide bonds. The van der Waals surface area contributed by atoms with Crippen molar-refractivity contribution in [2.45, 2.75) is 0 Å². The summed E-state index contributed by atoms with van der Waals surface area (Å²) in [7, 11) is 0. The molecule has 0 aliphatic heterocycles. The molecule has 2 rings (SSSR count). The second kappa shape index (κ2) is 5.87. The average Bonchev–Trinajstić information content (AvgIpc) is 2.36. The molecule has 0 fully saturated rings. The third-order valence-corrected chi connectivity index (χ3v) is 3.43. The molecule has 0 aliphatic rings. The fourth-order valence-electron chi connectivity index (χ4n) is 1.52. The zero-order chi connectivity index (χ0) is 14.9. The van der Waals surface area contributed by atoms with Crippen LogP contribution >= 0.6 is 34.8 Å². The molecule has 0 heterocycles. The Morgan fingerprint density at radius 2 is 1.65 bits per heavy atom. The summed E-state index contributed by atoms with van der Waals surface area (Å²) < 4.78 is 13.1. The number of nitrogen functional groups attached to an aromatic ring is 1. The zero-order valence-electron chi connectivity index (χ0n) is 9.88. The van der Waals surface area contributed by atoms with Gasteiger partial charge in [0.1, 0.15) is 5.82 Å². The molecule has 0 unspecified atom stereocenters. The number of rotatable bonds is 2. The second-order valence-electron chi connectivity index (χ2n) is 3.93. The first-order valence-corrected chi connectivity index (χ1v) is 6.53. The van der Waals surface area contributed by atoms with Crippen LogP contribution in [-0.2, 0) is 0 Å². The molecule has 0 bridgehead atoms. The van der Waals surface area contributed by atoms with E-state index in [4.69, 9.17) is 40.5 Å². The van der Waals surface area contributed by atoms with Gasteiger partial charge < -0.3 is 11.1 Å². The van der Waals surface area contributed by atoms with Gasteiger partial charge in [-0.1, -0.05) is 34.8 Å². The molecule has 0 aromatic heterocycles. The number of halogens is 4. The largest absolute Gasteiger partial charge is 0.398 e. The second-order valence-corrected chi connectivity index (χ2v) is 5.16. The number of nitrogens with one attached hydrogen (secondary N) is 1. The molecule has 0 radical (unpaired) electrons. The molecule has 20 heavy (non-hydrogen) atoms. The molecule has 0 aliphatic carbocycles. The van der Waals surface area contributed by atoms with Gasteiger partial charge in [0.25, 0.3) is 5.91 Å². The highest BCUT2D eigenvalue weighted by Crippen LogP contribution is 2.32. The lowest BCUT2D eigenvalue weighted by molar-refractivity contribution is 0.102. The molecular formula is C13H8Cl3FN2O. The van der Waals surface area contributed by atoms with E-state index in [2.05, 4.69) is 5.32 Å². The predicted octanol–water partition coefficient (Wildman–Crippen LogP) is 4.62.